The van der Waals surface area contributed by atoms with Crippen molar-refractivity contribution in [2.24, 2.45) is 5.92 Å². The van der Waals surface area contributed by atoms with Crippen molar-refractivity contribution in [3.8, 4) is 5.75 Å². The maximum Gasteiger partial charge on any atom is 0.226 e. The van der Waals surface area contributed by atoms with Gasteiger partial charge in [0.15, 0.2) is 0 Å². The first-order chi connectivity index (χ1) is 8.75. The Labute approximate surface area is 109 Å². The summed E-state index contributed by atoms with van der Waals surface area (Å²) >= 11 is 0. The van der Waals surface area contributed by atoms with Gasteiger partial charge in [0.2, 0.25) is 5.91 Å². The number of rotatable bonds is 4. The quantitative estimate of drug-likeness (QED) is 0.818. The number of carbonyl (C=O) groups excluding carboxylic acids is 1. The molecule has 0 saturated carbocycles. The highest BCUT2D eigenvalue weighted by Crippen LogP contribution is 2.16. The van der Waals surface area contributed by atoms with E-state index in [9.17, 15) is 4.79 Å². The van der Waals surface area contributed by atoms with Gasteiger partial charge in [0.05, 0.1) is 13.0 Å². The number of nitrogens with zero attached hydrogens (tertiary/aromatic N) is 1. The molecule has 1 fully saturated rings. The highest BCUT2D eigenvalue weighted by atomic mass is 16.5. The molecule has 3 heteroatoms. The fourth-order valence-electron chi connectivity index (χ4n) is 2.35. The molecule has 1 amide bonds. The molecule has 1 atom stereocenters. The van der Waals surface area contributed by atoms with E-state index in [1.807, 2.05) is 35.2 Å². The van der Waals surface area contributed by atoms with Crippen molar-refractivity contribution >= 4 is 5.91 Å². The average molecular weight is 247 g/mol. The molecule has 1 aromatic carbocycles. The van der Waals surface area contributed by atoms with Crippen LogP contribution in [-0.2, 0) is 4.79 Å². The van der Waals surface area contributed by atoms with E-state index in [1.54, 1.807) is 0 Å². The summed E-state index contributed by atoms with van der Waals surface area (Å²) in [5.74, 6) is 1.69. The largest absolute Gasteiger partial charge is 0.493 e. The Hall–Kier alpha value is -1.51. The second-order valence-electron chi connectivity index (χ2n) is 5.00. The Kier molecular flexibility index (Phi) is 4.62. The van der Waals surface area contributed by atoms with Crippen LogP contribution in [0.2, 0.25) is 0 Å². The van der Waals surface area contributed by atoms with Gasteiger partial charge in [0, 0.05) is 13.1 Å². The minimum atomic E-state index is 0.220. The van der Waals surface area contributed by atoms with Crippen LogP contribution in [0.4, 0.5) is 0 Å². The molecule has 18 heavy (non-hydrogen) atoms. The number of benzene rings is 1. The second kappa shape index (κ2) is 6.43. The number of piperidine rings is 1. The molecule has 0 spiro atoms. The van der Waals surface area contributed by atoms with Crippen LogP contribution in [0.25, 0.3) is 0 Å². The lowest BCUT2D eigenvalue weighted by atomic mass is 10.0. The number of carbonyl (C=O) groups is 1. The molecule has 1 heterocycles. The Morgan fingerprint density at radius 3 is 2.89 bits per heavy atom. The van der Waals surface area contributed by atoms with E-state index in [0.29, 0.717) is 18.9 Å². The third-order valence-corrected chi connectivity index (χ3v) is 3.34. The number of likely N-dealkylation sites (tertiary alicyclic amines) is 1. The standard InChI is InChI=1S/C15H21NO2/c1-13-6-5-10-16(12-13)15(17)9-11-18-14-7-3-2-4-8-14/h2-4,7-8,13H,5-6,9-12H2,1H3/t13-/m0/s1. The molecule has 0 radical (unpaired) electrons. The van der Waals surface area contributed by atoms with E-state index in [0.717, 1.165) is 25.3 Å². The summed E-state index contributed by atoms with van der Waals surface area (Å²) in [4.78, 5) is 14.0. The summed E-state index contributed by atoms with van der Waals surface area (Å²) in [6, 6.07) is 9.64. The molecule has 1 aromatic rings. The smallest absolute Gasteiger partial charge is 0.226 e. The van der Waals surface area contributed by atoms with E-state index in [1.165, 1.54) is 6.42 Å². The average Bonchev–Trinajstić information content (AvgIpc) is 2.40. The number of hydrogen-bond donors (Lipinski definition) is 0. The van der Waals surface area contributed by atoms with Gasteiger partial charge in [-0.1, -0.05) is 25.1 Å². The molecule has 0 N–H and O–H groups in total. The van der Waals surface area contributed by atoms with Crippen molar-refractivity contribution in [1.29, 1.82) is 0 Å². The summed E-state index contributed by atoms with van der Waals surface area (Å²) in [6.07, 6.45) is 2.85. The highest BCUT2D eigenvalue weighted by Gasteiger charge is 2.20. The lowest BCUT2D eigenvalue weighted by molar-refractivity contribution is -0.133. The second-order valence-corrected chi connectivity index (χ2v) is 5.00. The Morgan fingerprint density at radius 1 is 1.39 bits per heavy atom. The van der Waals surface area contributed by atoms with E-state index in [2.05, 4.69) is 6.92 Å². The van der Waals surface area contributed by atoms with Gasteiger partial charge in [-0.2, -0.15) is 0 Å². The van der Waals surface area contributed by atoms with Crippen molar-refractivity contribution in [1.82, 2.24) is 4.90 Å². The molecule has 1 saturated heterocycles. The minimum absolute atomic E-state index is 0.220. The van der Waals surface area contributed by atoms with Gasteiger partial charge in [0.25, 0.3) is 0 Å². The van der Waals surface area contributed by atoms with Crippen LogP contribution >= 0.6 is 0 Å². The van der Waals surface area contributed by atoms with Crippen LogP contribution in [0, 0.1) is 5.92 Å². The number of hydrogen-bond acceptors (Lipinski definition) is 2. The molecule has 0 aromatic heterocycles. The van der Waals surface area contributed by atoms with Crippen LogP contribution in [0.15, 0.2) is 30.3 Å². The monoisotopic (exact) mass is 247 g/mol. The fraction of sp³-hybridized carbons (Fsp3) is 0.533. The van der Waals surface area contributed by atoms with Crippen molar-refractivity contribution in [2.45, 2.75) is 26.2 Å². The summed E-state index contributed by atoms with van der Waals surface area (Å²) in [5, 5.41) is 0. The SMILES string of the molecule is C[C@H]1CCCN(C(=O)CCOc2ccccc2)C1. The first kappa shape index (κ1) is 12.9. The van der Waals surface area contributed by atoms with E-state index < -0.39 is 0 Å². The van der Waals surface area contributed by atoms with Crippen molar-refractivity contribution in [3.63, 3.8) is 0 Å². The van der Waals surface area contributed by atoms with Crippen LogP contribution < -0.4 is 4.74 Å². The predicted molar refractivity (Wildman–Crippen MR) is 71.5 cm³/mol. The zero-order valence-corrected chi connectivity index (χ0v) is 11.0. The molecule has 3 nitrogen and oxygen atoms in total. The third-order valence-electron chi connectivity index (χ3n) is 3.34. The molecule has 0 aliphatic carbocycles. The molecule has 1 aliphatic heterocycles. The van der Waals surface area contributed by atoms with Gasteiger partial charge in [-0.25, -0.2) is 0 Å². The Bertz CT molecular complexity index is 377. The summed E-state index contributed by atoms with van der Waals surface area (Å²) in [7, 11) is 0. The van der Waals surface area contributed by atoms with Gasteiger partial charge < -0.3 is 9.64 Å². The van der Waals surface area contributed by atoms with Crippen LogP contribution in [0.3, 0.4) is 0 Å². The van der Waals surface area contributed by atoms with Gasteiger partial charge in [-0.3, -0.25) is 4.79 Å². The Balaban J connectivity index is 1.71. The lowest BCUT2D eigenvalue weighted by Crippen LogP contribution is -2.39. The predicted octanol–water partition coefficient (Wildman–Crippen LogP) is 2.71. The van der Waals surface area contributed by atoms with Crippen LogP contribution in [-0.4, -0.2) is 30.5 Å². The van der Waals surface area contributed by atoms with Crippen LogP contribution in [0.5, 0.6) is 5.75 Å². The van der Waals surface area contributed by atoms with Crippen molar-refractivity contribution < 1.29 is 9.53 Å². The number of ether oxygens (including phenoxy) is 1. The third kappa shape index (κ3) is 3.76. The fourth-order valence-corrected chi connectivity index (χ4v) is 2.35. The van der Waals surface area contributed by atoms with Gasteiger partial charge in [-0.15, -0.1) is 0 Å². The summed E-state index contributed by atoms with van der Waals surface area (Å²) in [6.45, 7) is 4.49. The summed E-state index contributed by atoms with van der Waals surface area (Å²) < 4.78 is 5.55. The lowest BCUT2D eigenvalue weighted by Gasteiger charge is -2.31. The molecule has 1 aliphatic rings. The Morgan fingerprint density at radius 2 is 2.17 bits per heavy atom. The zero-order chi connectivity index (χ0) is 12.8. The van der Waals surface area contributed by atoms with E-state index in [-0.39, 0.29) is 5.91 Å². The van der Waals surface area contributed by atoms with E-state index in [4.69, 9.17) is 4.74 Å². The van der Waals surface area contributed by atoms with Gasteiger partial charge in [0.1, 0.15) is 5.75 Å². The molecule has 0 unspecified atom stereocenters. The van der Waals surface area contributed by atoms with Gasteiger partial charge in [-0.05, 0) is 30.9 Å². The first-order valence-electron chi connectivity index (χ1n) is 6.71. The van der Waals surface area contributed by atoms with Crippen molar-refractivity contribution in [3.05, 3.63) is 30.3 Å². The van der Waals surface area contributed by atoms with Crippen LogP contribution in [0.1, 0.15) is 26.2 Å². The minimum Gasteiger partial charge on any atom is -0.493 e. The topological polar surface area (TPSA) is 29.5 Å². The first-order valence-corrected chi connectivity index (χ1v) is 6.71. The molecular weight excluding hydrogens is 226 g/mol. The maximum absolute atomic E-state index is 12.0. The number of para-hydroxylation sites is 1. The molecule has 2 rings (SSSR count). The molecule has 0 bridgehead atoms. The van der Waals surface area contributed by atoms with Gasteiger partial charge >= 0.3 is 0 Å². The van der Waals surface area contributed by atoms with Crippen molar-refractivity contribution in [2.75, 3.05) is 19.7 Å². The zero-order valence-electron chi connectivity index (χ0n) is 11.0. The normalized spacial score (nSPS) is 19.6. The maximum atomic E-state index is 12.0. The van der Waals surface area contributed by atoms with E-state index >= 15 is 0 Å². The number of amides is 1. The molecule has 98 valence electrons. The highest BCUT2D eigenvalue weighted by molar-refractivity contribution is 5.76. The molecular formula is C15H21NO2. The summed E-state index contributed by atoms with van der Waals surface area (Å²) in [5.41, 5.74) is 0.